The van der Waals surface area contributed by atoms with Crippen LogP contribution in [0.1, 0.15) is 25.1 Å². The van der Waals surface area contributed by atoms with E-state index >= 15 is 0 Å². The summed E-state index contributed by atoms with van der Waals surface area (Å²) in [5.74, 6) is 0.158. The van der Waals surface area contributed by atoms with E-state index in [1.807, 2.05) is 17.5 Å². The van der Waals surface area contributed by atoms with Crippen LogP contribution in [0.3, 0.4) is 0 Å². The van der Waals surface area contributed by atoms with Gasteiger partial charge in [-0.25, -0.2) is 4.79 Å². The zero-order chi connectivity index (χ0) is 12.0. The molecule has 88 valence electrons. The van der Waals surface area contributed by atoms with Gasteiger partial charge in [0.1, 0.15) is 6.04 Å². The summed E-state index contributed by atoms with van der Waals surface area (Å²) >= 11 is 1.60. The first kappa shape index (κ1) is 12.9. The van der Waals surface area contributed by atoms with Gasteiger partial charge in [0, 0.05) is 11.1 Å². The van der Waals surface area contributed by atoms with Gasteiger partial charge in [-0.3, -0.25) is 4.99 Å². The minimum absolute atomic E-state index is 0.262. The van der Waals surface area contributed by atoms with Crippen molar-refractivity contribution >= 4 is 23.5 Å². The summed E-state index contributed by atoms with van der Waals surface area (Å²) < 4.78 is 4.73. The zero-order valence-electron chi connectivity index (χ0n) is 9.84. The lowest BCUT2D eigenvalue weighted by Crippen LogP contribution is -2.22. The number of carbonyl (C=O) groups is 1. The molecular formula is C12H17NO2S. The Bertz CT molecular complexity index is 344. The Morgan fingerprint density at radius 3 is 2.88 bits per heavy atom. The third-order valence-corrected chi connectivity index (χ3v) is 2.90. The van der Waals surface area contributed by atoms with Gasteiger partial charge in [0.15, 0.2) is 0 Å². The maximum Gasteiger partial charge on any atom is 0.330 e. The van der Waals surface area contributed by atoms with Crippen molar-refractivity contribution in [1.82, 2.24) is 0 Å². The third kappa shape index (κ3) is 4.14. The van der Waals surface area contributed by atoms with E-state index in [1.165, 1.54) is 7.11 Å². The van der Waals surface area contributed by atoms with Crippen molar-refractivity contribution in [2.24, 2.45) is 10.9 Å². The molecule has 3 nitrogen and oxygen atoms in total. The summed E-state index contributed by atoms with van der Waals surface area (Å²) in [5.41, 5.74) is 0. The Balaban J connectivity index is 2.66. The number of carbonyl (C=O) groups excluding carboxylic acids is 1. The number of methoxy groups -OCH3 is 1. The Morgan fingerprint density at radius 1 is 1.62 bits per heavy atom. The molecule has 1 heterocycles. The molecule has 0 spiro atoms. The molecule has 0 aromatic carbocycles. The molecule has 16 heavy (non-hydrogen) atoms. The van der Waals surface area contributed by atoms with Crippen LogP contribution in [-0.4, -0.2) is 25.3 Å². The van der Waals surface area contributed by atoms with E-state index in [4.69, 9.17) is 4.74 Å². The lowest BCUT2D eigenvalue weighted by Gasteiger charge is -2.11. The van der Waals surface area contributed by atoms with Crippen molar-refractivity contribution in [2.75, 3.05) is 7.11 Å². The number of rotatable bonds is 5. The highest BCUT2D eigenvalue weighted by Gasteiger charge is 2.18. The second kappa shape index (κ2) is 6.43. The zero-order valence-corrected chi connectivity index (χ0v) is 10.7. The first-order valence-corrected chi connectivity index (χ1v) is 6.16. The Labute approximate surface area is 100 Å². The van der Waals surface area contributed by atoms with Gasteiger partial charge in [-0.05, 0) is 23.8 Å². The van der Waals surface area contributed by atoms with E-state index in [1.54, 1.807) is 17.6 Å². The monoisotopic (exact) mass is 239 g/mol. The molecule has 1 aromatic rings. The van der Waals surface area contributed by atoms with Crippen LogP contribution in [0.2, 0.25) is 0 Å². The molecule has 0 bridgehead atoms. The molecular weight excluding hydrogens is 222 g/mol. The molecule has 1 atom stereocenters. The lowest BCUT2D eigenvalue weighted by atomic mass is 10.0. The highest BCUT2D eigenvalue weighted by molar-refractivity contribution is 7.11. The van der Waals surface area contributed by atoms with Crippen LogP contribution in [-0.2, 0) is 9.53 Å². The minimum Gasteiger partial charge on any atom is -0.467 e. The van der Waals surface area contributed by atoms with Gasteiger partial charge in [0.2, 0.25) is 0 Å². The molecule has 0 amide bonds. The standard InChI is InChI=1S/C12H17NO2S/c1-9(2)7-11(12(14)15-3)13-8-10-5-4-6-16-10/h4-6,8-9,11H,7H2,1-3H3/t11-/m1/s1. The number of aliphatic imine (C=N–C) groups is 1. The largest absolute Gasteiger partial charge is 0.467 e. The van der Waals surface area contributed by atoms with Crippen LogP contribution < -0.4 is 0 Å². The van der Waals surface area contributed by atoms with Crippen molar-refractivity contribution in [3.8, 4) is 0 Å². The summed E-state index contributed by atoms with van der Waals surface area (Å²) in [6.07, 6.45) is 2.46. The second-order valence-electron chi connectivity index (χ2n) is 3.96. The fourth-order valence-electron chi connectivity index (χ4n) is 1.33. The van der Waals surface area contributed by atoms with Crippen LogP contribution in [0.4, 0.5) is 0 Å². The summed E-state index contributed by atoms with van der Waals surface area (Å²) in [6.45, 7) is 4.13. The number of nitrogens with zero attached hydrogens (tertiary/aromatic N) is 1. The van der Waals surface area contributed by atoms with Gasteiger partial charge < -0.3 is 4.74 Å². The van der Waals surface area contributed by atoms with Crippen LogP contribution in [0.25, 0.3) is 0 Å². The van der Waals surface area contributed by atoms with Gasteiger partial charge in [0.25, 0.3) is 0 Å². The van der Waals surface area contributed by atoms with Crippen molar-refractivity contribution in [3.05, 3.63) is 22.4 Å². The molecule has 0 unspecified atom stereocenters. The molecule has 1 rings (SSSR count). The van der Waals surface area contributed by atoms with Gasteiger partial charge in [-0.1, -0.05) is 19.9 Å². The van der Waals surface area contributed by atoms with E-state index in [-0.39, 0.29) is 12.0 Å². The summed E-state index contributed by atoms with van der Waals surface area (Å²) in [7, 11) is 1.40. The number of esters is 1. The van der Waals surface area contributed by atoms with Crippen molar-refractivity contribution in [3.63, 3.8) is 0 Å². The van der Waals surface area contributed by atoms with Crippen molar-refractivity contribution in [2.45, 2.75) is 26.3 Å². The molecule has 0 aliphatic heterocycles. The van der Waals surface area contributed by atoms with E-state index < -0.39 is 0 Å². The number of thiophene rings is 1. The number of hydrogen-bond donors (Lipinski definition) is 0. The molecule has 0 fully saturated rings. The average molecular weight is 239 g/mol. The Hall–Kier alpha value is -1.16. The van der Waals surface area contributed by atoms with Gasteiger partial charge >= 0.3 is 5.97 Å². The molecule has 4 heteroatoms. The smallest absolute Gasteiger partial charge is 0.330 e. The number of ether oxygens (including phenoxy) is 1. The summed E-state index contributed by atoms with van der Waals surface area (Å²) in [6, 6.07) is 3.55. The molecule has 0 aliphatic rings. The molecule has 1 aromatic heterocycles. The third-order valence-electron chi connectivity index (χ3n) is 2.09. The number of hydrogen-bond acceptors (Lipinski definition) is 4. The normalized spacial score (nSPS) is 13.2. The summed E-state index contributed by atoms with van der Waals surface area (Å²) in [4.78, 5) is 16.8. The highest BCUT2D eigenvalue weighted by Crippen LogP contribution is 2.11. The second-order valence-corrected chi connectivity index (χ2v) is 4.94. The first-order valence-electron chi connectivity index (χ1n) is 5.28. The van der Waals surface area contributed by atoms with Crippen LogP contribution in [0.5, 0.6) is 0 Å². The van der Waals surface area contributed by atoms with Crippen LogP contribution in [0.15, 0.2) is 22.5 Å². The predicted molar refractivity (Wildman–Crippen MR) is 67.2 cm³/mol. The van der Waals surface area contributed by atoms with Crippen molar-refractivity contribution in [1.29, 1.82) is 0 Å². The minimum atomic E-state index is -0.382. The fourth-order valence-corrected chi connectivity index (χ4v) is 1.92. The lowest BCUT2D eigenvalue weighted by molar-refractivity contribution is -0.142. The van der Waals surface area contributed by atoms with Crippen LogP contribution >= 0.6 is 11.3 Å². The summed E-state index contributed by atoms with van der Waals surface area (Å²) in [5, 5.41) is 1.98. The topological polar surface area (TPSA) is 38.7 Å². The molecule has 0 radical (unpaired) electrons. The highest BCUT2D eigenvalue weighted by atomic mass is 32.1. The molecule has 0 saturated carbocycles. The predicted octanol–water partition coefficient (Wildman–Crippen LogP) is 2.75. The molecule has 0 aliphatic carbocycles. The van der Waals surface area contributed by atoms with E-state index in [0.29, 0.717) is 12.3 Å². The molecule has 0 N–H and O–H groups in total. The van der Waals surface area contributed by atoms with Gasteiger partial charge in [-0.15, -0.1) is 11.3 Å². The Kier molecular flexibility index (Phi) is 5.19. The quantitative estimate of drug-likeness (QED) is 0.585. The average Bonchev–Trinajstić information content (AvgIpc) is 2.75. The first-order chi connectivity index (χ1) is 7.63. The van der Waals surface area contributed by atoms with E-state index in [9.17, 15) is 4.79 Å². The van der Waals surface area contributed by atoms with E-state index in [2.05, 4.69) is 18.8 Å². The maximum absolute atomic E-state index is 11.5. The SMILES string of the molecule is COC(=O)[C@@H](CC(C)C)N=Cc1cccs1. The maximum atomic E-state index is 11.5. The Morgan fingerprint density at radius 2 is 2.38 bits per heavy atom. The van der Waals surface area contributed by atoms with Gasteiger partial charge in [0.05, 0.1) is 7.11 Å². The fraction of sp³-hybridized carbons (Fsp3) is 0.500. The van der Waals surface area contributed by atoms with Crippen LogP contribution in [0, 0.1) is 5.92 Å². The van der Waals surface area contributed by atoms with Crippen molar-refractivity contribution < 1.29 is 9.53 Å². The van der Waals surface area contributed by atoms with Gasteiger partial charge in [-0.2, -0.15) is 0 Å². The molecule has 0 saturated heterocycles. The van der Waals surface area contributed by atoms with E-state index in [0.717, 1.165) is 4.88 Å².